The largest absolute Gasteiger partial charge is 0.361 e. The van der Waals surface area contributed by atoms with Crippen molar-refractivity contribution in [2.24, 2.45) is 0 Å². The number of hydrogen-bond donors (Lipinski definition) is 0. The Balaban J connectivity index is 1.58. The lowest BCUT2D eigenvalue weighted by atomic mass is 9.86. The fourth-order valence-electron chi connectivity index (χ4n) is 3.36. The molecule has 1 fully saturated rings. The number of benzene rings is 1. The van der Waals surface area contributed by atoms with Crippen LogP contribution in [0.3, 0.4) is 0 Å². The molecule has 0 N–H and O–H groups in total. The van der Waals surface area contributed by atoms with Crippen molar-refractivity contribution >= 4 is 5.91 Å². The molecule has 0 atom stereocenters. The molecule has 3 rings (SSSR count). The molecule has 26 heavy (non-hydrogen) atoms. The van der Waals surface area contributed by atoms with Gasteiger partial charge in [-0.1, -0.05) is 38.1 Å². The fourth-order valence-corrected chi connectivity index (χ4v) is 3.36. The van der Waals surface area contributed by atoms with Crippen LogP contribution in [0.2, 0.25) is 0 Å². The van der Waals surface area contributed by atoms with Crippen LogP contribution in [0.5, 0.6) is 0 Å². The summed E-state index contributed by atoms with van der Waals surface area (Å²) in [4.78, 5) is 17.1. The Morgan fingerprint density at radius 3 is 2.19 bits per heavy atom. The summed E-state index contributed by atoms with van der Waals surface area (Å²) in [6.45, 7) is 14.6. The lowest BCUT2D eigenvalue weighted by molar-refractivity contribution is 0.0627. The van der Waals surface area contributed by atoms with Crippen LogP contribution in [0, 0.1) is 13.8 Å². The molecule has 5 nitrogen and oxygen atoms in total. The average Bonchev–Trinajstić information content (AvgIpc) is 2.93. The third-order valence-corrected chi connectivity index (χ3v) is 5.22. The molecule has 0 bridgehead atoms. The molecule has 1 saturated heterocycles. The molecule has 0 unspecified atom stereocenters. The monoisotopic (exact) mass is 355 g/mol. The summed E-state index contributed by atoms with van der Waals surface area (Å²) in [6, 6.07) is 8.06. The summed E-state index contributed by atoms with van der Waals surface area (Å²) in [5, 5.41) is 4.02. The molecule has 0 spiro atoms. The first-order chi connectivity index (χ1) is 12.3. The Labute approximate surface area is 156 Å². The van der Waals surface area contributed by atoms with Gasteiger partial charge in [-0.15, -0.1) is 0 Å². The van der Waals surface area contributed by atoms with Crippen molar-refractivity contribution in [3.05, 3.63) is 52.4 Å². The first-order valence-corrected chi connectivity index (χ1v) is 9.29. The Hall–Kier alpha value is -2.14. The third kappa shape index (κ3) is 3.98. The zero-order valence-electron chi connectivity index (χ0n) is 16.5. The quantitative estimate of drug-likeness (QED) is 0.845. The van der Waals surface area contributed by atoms with Crippen LogP contribution in [0.15, 0.2) is 28.8 Å². The highest BCUT2D eigenvalue weighted by molar-refractivity contribution is 5.94. The van der Waals surface area contributed by atoms with Gasteiger partial charge < -0.3 is 9.42 Å². The van der Waals surface area contributed by atoms with Gasteiger partial charge in [0.1, 0.15) is 5.76 Å². The Morgan fingerprint density at radius 1 is 1.08 bits per heavy atom. The second-order valence-corrected chi connectivity index (χ2v) is 8.20. The molecule has 1 aliphatic rings. The van der Waals surface area contributed by atoms with E-state index in [9.17, 15) is 4.79 Å². The van der Waals surface area contributed by atoms with E-state index in [1.54, 1.807) is 0 Å². The summed E-state index contributed by atoms with van der Waals surface area (Å²) in [5.41, 5.74) is 4.25. The molecule has 5 heteroatoms. The second kappa shape index (κ2) is 7.23. The highest BCUT2D eigenvalue weighted by atomic mass is 16.5. The van der Waals surface area contributed by atoms with Crippen LogP contribution in [0.1, 0.15) is 53.7 Å². The normalized spacial score (nSPS) is 16.1. The number of carbonyl (C=O) groups excluding carboxylic acids is 1. The predicted molar refractivity (Wildman–Crippen MR) is 102 cm³/mol. The fraction of sp³-hybridized carbons (Fsp3) is 0.524. The number of hydrogen-bond acceptors (Lipinski definition) is 4. The summed E-state index contributed by atoms with van der Waals surface area (Å²) in [7, 11) is 0. The molecule has 2 aromatic rings. The Bertz CT molecular complexity index is 744. The minimum Gasteiger partial charge on any atom is -0.361 e. The number of piperazine rings is 1. The molecule has 1 aliphatic heterocycles. The lowest BCUT2D eigenvalue weighted by Crippen LogP contribution is -2.48. The number of aromatic nitrogens is 1. The minimum atomic E-state index is 0.103. The van der Waals surface area contributed by atoms with E-state index in [2.05, 4.69) is 43.0 Å². The predicted octanol–water partition coefficient (Wildman–Crippen LogP) is 3.55. The van der Waals surface area contributed by atoms with Gasteiger partial charge >= 0.3 is 0 Å². The molecule has 0 saturated carbocycles. The molecule has 1 amide bonds. The van der Waals surface area contributed by atoms with E-state index >= 15 is 0 Å². The van der Waals surface area contributed by atoms with Crippen molar-refractivity contribution < 1.29 is 9.32 Å². The second-order valence-electron chi connectivity index (χ2n) is 8.20. The van der Waals surface area contributed by atoms with Gasteiger partial charge in [-0.2, -0.15) is 0 Å². The van der Waals surface area contributed by atoms with Gasteiger partial charge in [-0.25, -0.2) is 0 Å². The smallest absolute Gasteiger partial charge is 0.253 e. The van der Waals surface area contributed by atoms with E-state index in [0.717, 1.165) is 49.7 Å². The van der Waals surface area contributed by atoms with E-state index < -0.39 is 0 Å². The highest BCUT2D eigenvalue weighted by Gasteiger charge is 2.24. The van der Waals surface area contributed by atoms with Gasteiger partial charge in [-0.3, -0.25) is 9.69 Å². The molecule has 1 aromatic carbocycles. The SMILES string of the molecule is Cc1noc(C)c1CN1CCN(C(=O)c2ccc(C(C)(C)C)cc2)CC1. The lowest BCUT2D eigenvalue weighted by Gasteiger charge is -2.34. The maximum atomic E-state index is 12.8. The van der Waals surface area contributed by atoms with Crippen LogP contribution >= 0.6 is 0 Å². The van der Waals surface area contributed by atoms with Crippen LogP contribution < -0.4 is 0 Å². The Kier molecular flexibility index (Phi) is 5.19. The highest BCUT2D eigenvalue weighted by Crippen LogP contribution is 2.23. The average molecular weight is 355 g/mol. The molecule has 1 aromatic heterocycles. The summed E-state index contributed by atoms with van der Waals surface area (Å²) in [5.74, 6) is 1.02. The van der Waals surface area contributed by atoms with Gasteiger partial charge in [0, 0.05) is 43.9 Å². The summed E-state index contributed by atoms with van der Waals surface area (Å²) >= 11 is 0. The van der Waals surface area contributed by atoms with Crippen LogP contribution in [0.25, 0.3) is 0 Å². The zero-order valence-corrected chi connectivity index (χ0v) is 16.5. The van der Waals surface area contributed by atoms with Crippen molar-refractivity contribution in [1.29, 1.82) is 0 Å². The van der Waals surface area contributed by atoms with Gasteiger partial charge in [0.2, 0.25) is 0 Å². The van der Waals surface area contributed by atoms with Crippen molar-refractivity contribution in [3.63, 3.8) is 0 Å². The number of carbonyl (C=O) groups is 1. The van der Waals surface area contributed by atoms with Crippen molar-refractivity contribution in [2.75, 3.05) is 26.2 Å². The molecular weight excluding hydrogens is 326 g/mol. The van der Waals surface area contributed by atoms with E-state index in [4.69, 9.17) is 4.52 Å². The van der Waals surface area contributed by atoms with Crippen LogP contribution in [0.4, 0.5) is 0 Å². The van der Waals surface area contributed by atoms with Gasteiger partial charge in [0.15, 0.2) is 0 Å². The van der Waals surface area contributed by atoms with E-state index in [1.807, 2.05) is 30.9 Å². The first-order valence-electron chi connectivity index (χ1n) is 9.29. The Morgan fingerprint density at radius 2 is 1.69 bits per heavy atom. The minimum absolute atomic E-state index is 0.103. The van der Waals surface area contributed by atoms with Crippen LogP contribution in [-0.4, -0.2) is 47.0 Å². The zero-order chi connectivity index (χ0) is 18.9. The topological polar surface area (TPSA) is 49.6 Å². The molecule has 2 heterocycles. The first kappa shape index (κ1) is 18.6. The standard InChI is InChI=1S/C21H29N3O2/c1-15-19(16(2)26-22-15)14-23-10-12-24(13-11-23)20(25)17-6-8-18(9-7-17)21(3,4)5/h6-9H,10-14H2,1-5H3. The third-order valence-electron chi connectivity index (χ3n) is 5.22. The molecule has 0 radical (unpaired) electrons. The van der Waals surface area contributed by atoms with Crippen molar-refractivity contribution in [1.82, 2.24) is 15.0 Å². The molecular formula is C21H29N3O2. The van der Waals surface area contributed by atoms with Crippen molar-refractivity contribution in [3.8, 4) is 0 Å². The molecule has 140 valence electrons. The van der Waals surface area contributed by atoms with Gasteiger partial charge in [0.25, 0.3) is 5.91 Å². The summed E-state index contributed by atoms with van der Waals surface area (Å²) < 4.78 is 5.25. The number of aryl methyl sites for hydroxylation is 2. The number of amides is 1. The maximum Gasteiger partial charge on any atom is 0.253 e. The van der Waals surface area contributed by atoms with E-state index in [1.165, 1.54) is 11.1 Å². The number of nitrogens with zero attached hydrogens (tertiary/aromatic N) is 3. The van der Waals surface area contributed by atoms with Crippen molar-refractivity contribution in [2.45, 2.75) is 46.6 Å². The maximum absolute atomic E-state index is 12.8. The van der Waals surface area contributed by atoms with Crippen LogP contribution in [-0.2, 0) is 12.0 Å². The summed E-state index contributed by atoms with van der Waals surface area (Å²) in [6.07, 6.45) is 0. The van der Waals surface area contributed by atoms with Gasteiger partial charge in [-0.05, 0) is 37.0 Å². The number of rotatable bonds is 3. The van der Waals surface area contributed by atoms with Gasteiger partial charge in [0.05, 0.1) is 5.69 Å². The van der Waals surface area contributed by atoms with E-state index in [-0.39, 0.29) is 11.3 Å². The molecule has 0 aliphatic carbocycles. The van der Waals surface area contributed by atoms with E-state index in [0.29, 0.717) is 0 Å².